The van der Waals surface area contributed by atoms with Gasteiger partial charge < -0.3 is 45.5 Å². The third-order valence-corrected chi connectivity index (χ3v) is 13.1. The van der Waals surface area contributed by atoms with Crippen molar-refractivity contribution in [2.24, 2.45) is 10.8 Å². The van der Waals surface area contributed by atoms with Gasteiger partial charge in [-0.25, -0.2) is 33.0 Å². The number of hydrogen-bond donors (Lipinski definition) is 6. The molecule has 78 heavy (non-hydrogen) atoms. The Kier molecular flexibility index (Phi) is 18.9. The van der Waals surface area contributed by atoms with Gasteiger partial charge in [0.05, 0.1) is 43.6 Å². The lowest BCUT2D eigenvalue weighted by molar-refractivity contribution is -0.239. The summed E-state index contributed by atoms with van der Waals surface area (Å²) in [7, 11) is 1.78. The number of amides is 4. The number of alkyl carbamates (subject to hydrolysis) is 2. The van der Waals surface area contributed by atoms with E-state index in [0.29, 0.717) is 82.3 Å². The number of aliphatic hydroxyl groups excluding tert-OH is 1. The second-order valence-electron chi connectivity index (χ2n) is 19.5. The molecule has 0 radical (unpaired) electrons. The molecule has 2 aliphatic rings. The first-order chi connectivity index (χ1) is 36.5. The molecule has 6 N–H and O–H groups in total. The molecule has 18 nitrogen and oxygen atoms in total. The molecule has 4 heterocycles. The van der Waals surface area contributed by atoms with Crippen LogP contribution in [0.1, 0.15) is 56.5 Å². The molecule has 6 atom stereocenters. The van der Waals surface area contributed by atoms with Crippen LogP contribution in [0.3, 0.4) is 0 Å². The van der Waals surface area contributed by atoms with E-state index >= 15 is 8.78 Å². The number of carbonyl (C=O) groups excluding carboxylic acids is 4. The van der Waals surface area contributed by atoms with Crippen LogP contribution >= 0.6 is 0 Å². The fraction of sp³-hybridized carbons (Fsp3) is 0.480. The number of hydrazine groups is 1. The summed E-state index contributed by atoms with van der Waals surface area (Å²) in [6.07, 6.45) is -16.4. The minimum atomic E-state index is -5.27. The van der Waals surface area contributed by atoms with E-state index in [1.54, 1.807) is 12.3 Å². The van der Waals surface area contributed by atoms with Gasteiger partial charge in [0.2, 0.25) is 5.91 Å². The van der Waals surface area contributed by atoms with Crippen molar-refractivity contribution in [3.63, 3.8) is 0 Å². The maximum Gasteiger partial charge on any atom is 0.407 e. The van der Waals surface area contributed by atoms with E-state index < -0.39 is 115 Å². The maximum atomic E-state index is 16.0. The summed E-state index contributed by atoms with van der Waals surface area (Å²) >= 11 is 0. The molecular weight excluding hydrogens is 1060 g/mol. The molecule has 4 aromatic rings. The van der Waals surface area contributed by atoms with Gasteiger partial charge in [-0.05, 0) is 82.1 Å². The Morgan fingerprint density at radius 2 is 1.46 bits per heavy atom. The highest BCUT2D eigenvalue weighted by atomic mass is 19.4. The second kappa shape index (κ2) is 24.6. The van der Waals surface area contributed by atoms with Crippen molar-refractivity contribution >= 4 is 29.8 Å². The van der Waals surface area contributed by atoms with Crippen molar-refractivity contribution < 1.29 is 82.4 Å². The zero-order valence-corrected chi connectivity index (χ0v) is 42.7. The van der Waals surface area contributed by atoms with Crippen LogP contribution in [0.5, 0.6) is 0 Å². The molecule has 424 valence electrons. The van der Waals surface area contributed by atoms with Gasteiger partial charge in [-0.2, -0.15) is 40.2 Å². The fourth-order valence-corrected chi connectivity index (χ4v) is 8.27. The van der Waals surface area contributed by atoms with Gasteiger partial charge in [0.25, 0.3) is 5.91 Å². The molecule has 4 amide bonds. The lowest BCUT2D eigenvalue weighted by Gasteiger charge is -2.42. The molecule has 2 aliphatic heterocycles. The Balaban J connectivity index is 1.34. The van der Waals surface area contributed by atoms with Gasteiger partial charge >= 0.3 is 31.1 Å². The first-order valence-electron chi connectivity index (χ1n) is 23.9. The minimum Gasteiger partial charge on any atom is -0.453 e. The Bertz CT molecular complexity index is 2790. The summed E-state index contributed by atoms with van der Waals surface area (Å²) in [6.45, 7) is -0.678. The van der Waals surface area contributed by atoms with E-state index in [2.05, 4.69) is 42.2 Å². The number of aromatic nitrogens is 3. The van der Waals surface area contributed by atoms with Crippen molar-refractivity contribution in [1.29, 1.82) is 0 Å². The van der Waals surface area contributed by atoms with Crippen molar-refractivity contribution in [2.45, 2.75) is 95.9 Å². The first-order valence-corrected chi connectivity index (χ1v) is 23.9. The third kappa shape index (κ3) is 14.7. The van der Waals surface area contributed by atoms with Crippen LogP contribution in [-0.2, 0) is 36.8 Å². The van der Waals surface area contributed by atoms with Crippen molar-refractivity contribution in [3.8, 4) is 23.1 Å². The fourth-order valence-electron chi connectivity index (χ4n) is 8.27. The van der Waals surface area contributed by atoms with E-state index in [4.69, 9.17) is 9.47 Å². The summed E-state index contributed by atoms with van der Waals surface area (Å²) in [5, 5.41) is 25.6. The number of fused-ring (bicyclic) bond motifs is 2. The summed E-state index contributed by atoms with van der Waals surface area (Å²) in [6, 6.07) is 8.04. The van der Waals surface area contributed by atoms with Crippen LogP contribution in [0.2, 0.25) is 0 Å². The molecule has 2 saturated heterocycles. The number of ether oxygens (including phenoxy) is 3. The molecule has 0 saturated carbocycles. The van der Waals surface area contributed by atoms with E-state index in [-0.39, 0.29) is 33.6 Å². The van der Waals surface area contributed by atoms with Crippen LogP contribution < -0.4 is 31.6 Å². The van der Waals surface area contributed by atoms with Gasteiger partial charge in [0.15, 0.2) is 6.10 Å². The van der Waals surface area contributed by atoms with Crippen molar-refractivity contribution in [2.75, 3.05) is 51.9 Å². The molecular formula is C50H56F10N10O8. The van der Waals surface area contributed by atoms with Gasteiger partial charge in [0, 0.05) is 80.0 Å². The maximum absolute atomic E-state index is 16.0. The number of nitrogens with one attached hydrogen (secondary N) is 5. The van der Waals surface area contributed by atoms with Crippen LogP contribution in [-0.4, -0.2) is 145 Å². The highest BCUT2D eigenvalue weighted by molar-refractivity contribution is 5.87. The van der Waals surface area contributed by atoms with Crippen molar-refractivity contribution in [1.82, 2.24) is 46.5 Å². The van der Waals surface area contributed by atoms with Crippen molar-refractivity contribution in [3.05, 3.63) is 101 Å². The van der Waals surface area contributed by atoms with Crippen LogP contribution in [0.25, 0.3) is 11.3 Å². The highest BCUT2D eigenvalue weighted by Gasteiger charge is 2.58. The van der Waals surface area contributed by atoms with Gasteiger partial charge in [-0.15, -0.1) is 0 Å². The average Bonchev–Trinajstić information content (AvgIpc) is 3.89. The second-order valence-corrected chi connectivity index (χ2v) is 19.5. The number of methoxy groups -OCH3 is 1. The number of nitrogens with zero attached hydrogens (tertiary/aromatic N) is 5. The lowest BCUT2D eigenvalue weighted by atomic mass is 9.82. The predicted molar refractivity (Wildman–Crippen MR) is 258 cm³/mol. The van der Waals surface area contributed by atoms with E-state index in [9.17, 15) is 59.4 Å². The Labute approximate surface area is 440 Å². The summed E-state index contributed by atoms with van der Waals surface area (Å²) in [5.41, 5.74) is -4.60. The lowest BCUT2D eigenvalue weighted by Crippen LogP contribution is -2.63. The molecule has 2 aromatic heterocycles. The minimum absolute atomic E-state index is 0.163. The van der Waals surface area contributed by atoms with Crippen LogP contribution in [0.15, 0.2) is 67.0 Å². The molecule has 6 rings (SSSR count). The number of morpholine rings is 1. The predicted octanol–water partition coefficient (Wildman–Crippen LogP) is 5.74. The summed E-state index contributed by atoms with van der Waals surface area (Å²) < 4.78 is 161. The number of alkyl halides is 8. The highest BCUT2D eigenvalue weighted by Crippen LogP contribution is 2.43. The van der Waals surface area contributed by atoms with E-state index in [1.807, 2.05) is 22.1 Å². The Morgan fingerprint density at radius 3 is 2.00 bits per heavy atom. The molecule has 2 bridgehead atoms. The van der Waals surface area contributed by atoms with Gasteiger partial charge in [-0.1, -0.05) is 24.0 Å². The molecule has 0 aliphatic carbocycles. The number of halogens is 10. The molecule has 0 unspecified atom stereocenters. The smallest absolute Gasteiger partial charge is 0.407 e. The quantitative estimate of drug-likeness (QED) is 0.0399. The van der Waals surface area contributed by atoms with Gasteiger partial charge in [-0.3, -0.25) is 15.0 Å². The Morgan fingerprint density at radius 1 is 0.859 bits per heavy atom. The third-order valence-electron chi connectivity index (χ3n) is 13.1. The number of anilines is 1. The summed E-state index contributed by atoms with van der Waals surface area (Å²) in [5.74, 6) is 0.558. The normalized spacial score (nSPS) is 17.5. The zero-order valence-electron chi connectivity index (χ0n) is 42.7. The standard InChI is InChI=1S/C50H56F10N10O8/c1-47(2,49(55,56)57)40(65-46(75)76-6)42(72)64-37(17-28-10-7-27(8-11-28)9-12-29-13-14-39(62-20-29)68-21-31-25-77-26-32(22-68)63-31)38(71)24-69(67-43(73)41(78-45(74)61-5)48(3,4)50(58,59)60)23-33-34(51)18-30(19-35(33)52)36-15-16-70(66-36)44(53)54/h7-8,10-11,13-16,18-20,31-32,37-38,40-41,44,63,71H,17,21-26H2,1-6H3,(H,61,74)(H,64,72)(H,65,75)(H,67,73)/t31-,32-,37-,38-,40+,41+/m0/s1. The van der Waals surface area contributed by atoms with E-state index in [0.717, 1.165) is 32.2 Å². The number of piperazine rings is 1. The van der Waals surface area contributed by atoms with Crippen LogP contribution in [0.4, 0.5) is 59.3 Å². The van der Waals surface area contributed by atoms with Gasteiger partial charge in [0.1, 0.15) is 28.9 Å². The molecule has 0 spiro atoms. The number of rotatable bonds is 18. The number of carbonyl (C=O) groups is 4. The largest absolute Gasteiger partial charge is 0.453 e. The monoisotopic (exact) mass is 1110 g/mol. The number of hydrogen-bond acceptors (Lipinski definition) is 13. The number of benzene rings is 2. The molecule has 2 fully saturated rings. The number of pyridine rings is 1. The average molecular weight is 1120 g/mol. The van der Waals surface area contributed by atoms with Crippen LogP contribution in [0, 0.1) is 34.3 Å². The van der Waals surface area contributed by atoms with E-state index in [1.165, 1.54) is 24.3 Å². The summed E-state index contributed by atoms with van der Waals surface area (Å²) in [4.78, 5) is 59.4. The zero-order chi connectivity index (χ0) is 57.5. The number of aliphatic hydroxyl groups is 1. The topological polar surface area (TPSA) is 214 Å². The Hall–Kier alpha value is -7.22. The molecule has 2 aromatic carbocycles. The molecule has 28 heteroatoms. The first kappa shape index (κ1) is 60.0. The SMILES string of the molecule is CNC(=O)O[C@H](C(=O)NN(Cc1c(F)cc(-c2ccn(C(F)F)n2)cc1F)C[C@H](O)[C@H](Cc1ccc(C#Cc2ccc(N3C[C@H]4COC[C@H](C3)N4)nc2)cc1)NC(=O)[C@@H](NC(=O)OC)C(C)(C)C(F)(F)F)C(C)(C)C(F)(F)F.